The molecule has 0 aromatic heterocycles. The van der Waals surface area contributed by atoms with Crippen molar-refractivity contribution in [3.63, 3.8) is 0 Å². The molecule has 21 heavy (non-hydrogen) atoms. The van der Waals surface area contributed by atoms with Crippen molar-refractivity contribution >= 4 is 10.0 Å². The van der Waals surface area contributed by atoms with Gasteiger partial charge in [0, 0.05) is 26.2 Å². The molecular weight excluding hydrogens is 288 g/mol. The van der Waals surface area contributed by atoms with Crippen LogP contribution in [0.2, 0.25) is 0 Å². The molecular formula is C15H24N2O3S. The molecule has 0 saturated carbocycles. The fraction of sp³-hybridized carbons (Fsp3) is 0.600. The molecule has 0 aliphatic carbocycles. The standard InChI is InChI=1S/C15H24N2O3S/c1-15(2,3)20-13-5-7-14(8-6-13)21(18,19)17-11-9-16(4)10-12-17/h5-8H,9-12H2,1-4H3. The van der Waals surface area contributed by atoms with Crippen LogP contribution in [0.1, 0.15) is 20.8 Å². The van der Waals surface area contributed by atoms with Gasteiger partial charge in [0.1, 0.15) is 11.4 Å². The van der Waals surface area contributed by atoms with Crippen molar-refractivity contribution in [2.24, 2.45) is 0 Å². The van der Waals surface area contributed by atoms with Gasteiger partial charge in [-0.15, -0.1) is 0 Å². The Morgan fingerprint density at radius 1 is 1.00 bits per heavy atom. The van der Waals surface area contributed by atoms with Crippen molar-refractivity contribution in [1.82, 2.24) is 9.21 Å². The molecule has 0 unspecified atom stereocenters. The lowest BCUT2D eigenvalue weighted by molar-refractivity contribution is 0.131. The molecule has 1 aromatic carbocycles. The Morgan fingerprint density at radius 2 is 1.52 bits per heavy atom. The number of hydrogen-bond donors (Lipinski definition) is 0. The lowest BCUT2D eigenvalue weighted by atomic mass is 10.2. The molecule has 1 aliphatic heterocycles. The summed E-state index contributed by atoms with van der Waals surface area (Å²) in [6, 6.07) is 6.67. The molecule has 1 aromatic rings. The zero-order valence-electron chi connectivity index (χ0n) is 13.2. The minimum Gasteiger partial charge on any atom is -0.488 e. The summed E-state index contributed by atoms with van der Waals surface area (Å²) in [5.41, 5.74) is -0.294. The number of benzene rings is 1. The molecule has 0 radical (unpaired) electrons. The molecule has 1 fully saturated rings. The first-order valence-electron chi connectivity index (χ1n) is 7.16. The van der Waals surface area contributed by atoms with Crippen LogP contribution >= 0.6 is 0 Å². The summed E-state index contributed by atoms with van der Waals surface area (Å²) in [4.78, 5) is 2.46. The molecule has 0 bridgehead atoms. The van der Waals surface area contributed by atoms with Crippen LogP contribution in [0.15, 0.2) is 29.2 Å². The third-order valence-electron chi connectivity index (χ3n) is 3.35. The van der Waals surface area contributed by atoms with Crippen LogP contribution in [0.3, 0.4) is 0 Å². The van der Waals surface area contributed by atoms with E-state index in [0.717, 1.165) is 13.1 Å². The minimum absolute atomic E-state index is 0.294. The molecule has 118 valence electrons. The zero-order chi connectivity index (χ0) is 15.7. The lowest BCUT2D eigenvalue weighted by Gasteiger charge is -2.31. The molecule has 5 nitrogen and oxygen atoms in total. The smallest absolute Gasteiger partial charge is 0.243 e. The largest absolute Gasteiger partial charge is 0.488 e. The molecule has 6 heteroatoms. The second kappa shape index (κ2) is 5.94. The normalized spacial score (nSPS) is 18.7. The van der Waals surface area contributed by atoms with Crippen molar-refractivity contribution in [3.8, 4) is 5.75 Å². The van der Waals surface area contributed by atoms with Crippen molar-refractivity contribution in [2.75, 3.05) is 33.2 Å². The van der Waals surface area contributed by atoms with Crippen LogP contribution in [-0.4, -0.2) is 56.5 Å². The number of ether oxygens (including phenoxy) is 1. The summed E-state index contributed by atoms with van der Waals surface area (Å²) in [6.07, 6.45) is 0. The molecule has 1 aliphatic rings. The first kappa shape index (κ1) is 16.3. The monoisotopic (exact) mass is 312 g/mol. The minimum atomic E-state index is -3.39. The Kier molecular flexibility index (Phi) is 4.60. The quantitative estimate of drug-likeness (QED) is 0.854. The van der Waals surface area contributed by atoms with Gasteiger partial charge in [0.05, 0.1) is 4.90 Å². The van der Waals surface area contributed by atoms with Gasteiger partial charge in [0.25, 0.3) is 0 Å². The Balaban J connectivity index is 2.14. The van der Waals surface area contributed by atoms with Crippen LogP contribution in [0.5, 0.6) is 5.75 Å². The highest BCUT2D eigenvalue weighted by molar-refractivity contribution is 7.89. The molecule has 0 spiro atoms. The van der Waals surface area contributed by atoms with Gasteiger partial charge in [-0.25, -0.2) is 8.42 Å². The maximum Gasteiger partial charge on any atom is 0.243 e. The van der Waals surface area contributed by atoms with E-state index >= 15 is 0 Å². The predicted octanol–water partition coefficient (Wildman–Crippen LogP) is 1.80. The number of likely N-dealkylation sites (N-methyl/N-ethyl adjacent to an activating group) is 1. The fourth-order valence-electron chi connectivity index (χ4n) is 2.21. The second-order valence-corrected chi connectivity index (χ2v) is 8.33. The highest BCUT2D eigenvalue weighted by Crippen LogP contribution is 2.23. The topological polar surface area (TPSA) is 49.9 Å². The molecule has 0 amide bonds. The van der Waals surface area contributed by atoms with Crippen LogP contribution in [0.25, 0.3) is 0 Å². The summed E-state index contributed by atoms with van der Waals surface area (Å²) in [5.74, 6) is 0.680. The zero-order valence-corrected chi connectivity index (χ0v) is 14.0. The van der Waals surface area contributed by atoms with E-state index in [2.05, 4.69) is 4.90 Å². The second-order valence-electron chi connectivity index (χ2n) is 6.39. The molecule has 0 N–H and O–H groups in total. The lowest BCUT2D eigenvalue weighted by Crippen LogP contribution is -2.46. The van der Waals surface area contributed by atoms with Gasteiger partial charge < -0.3 is 9.64 Å². The fourth-order valence-corrected chi connectivity index (χ4v) is 3.63. The van der Waals surface area contributed by atoms with E-state index in [9.17, 15) is 8.42 Å². The summed E-state index contributed by atoms with van der Waals surface area (Å²) >= 11 is 0. The highest BCUT2D eigenvalue weighted by Gasteiger charge is 2.27. The Labute approximate surface area is 127 Å². The van der Waals surface area contributed by atoms with Gasteiger partial charge in [-0.3, -0.25) is 0 Å². The van der Waals surface area contributed by atoms with Crippen molar-refractivity contribution in [2.45, 2.75) is 31.3 Å². The molecule has 0 atom stereocenters. The van der Waals surface area contributed by atoms with Crippen LogP contribution in [0, 0.1) is 0 Å². The van der Waals surface area contributed by atoms with E-state index in [1.807, 2.05) is 27.8 Å². The van der Waals surface area contributed by atoms with E-state index in [-0.39, 0.29) is 5.60 Å². The number of hydrogen-bond acceptors (Lipinski definition) is 4. The first-order valence-corrected chi connectivity index (χ1v) is 8.60. The average Bonchev–Trinajstić information content (AvgIpc) is 2.38. The Morgan fingerprint density at radius 3 is 2.00 bits per heavy atom. The number of piperazine rings is 1. The van der Waals surface area contributed by atoms with Gasteiger partial charge in [-0.05, 0) is 52.1 Å². The van der Waals surface area contributed by atoms with Crippen molar-refractivity contribution < 1.29 is 13.2 Å². The number of sulfonamides is 1. The maximum absolute atomic E-state index is 12.6. The molecule has 1 saturated heterocycles. The molecule has 2 rings (SSSR count). The predicted molar refractivity (Wildman–Crippen MR) is 83.1 cm³/mol. The summed E-state index contributed by atoms with van der Waals surface area (Å²) < 4.78 is 32.4. The van der Waals surface area contributed by atoms with Gasteiger partial charge in [-0.2, -0.15) is 4.31 Å². The van der Waals surface area contributed by atoms with Crippen LogP contribution in [0.4, 0.5) is 0 Å². The summed E-state index contributed by atoms with van der Waals surface area (Å²) in [5, 5.41) is 0. The number of nitrogens with zero attached hydrogens (tertiary/aromatic N) is 2. The van der Waals surface area contributed by atoms with E-state index < -0.39 is 10.0 Å². The Hall–Kier alpha value is -1.11. The van der Waals surface area contributed by atoms with Gasteiger partial charge in [0.15, 0.2) is 0 Å². The average molecular weight is 312 g/mol. The molecule has 1 heterocycles. The number of rotatable bonds is 3. The SMILES string of the molecule is CN1CCN(S(=O)(=O)c2ccc(OC(C)(C)C)cc2)CC1. The van der Waals surface area contributed by atoms with Crippen molar-refractivity contribution in [3.05, 3.63) is 24.3 Å². The maximum atomic E-state index is 12.6. The third-order valence-corrected chi connectivity index (χ3v) is 5.26. The van der Waals surface area contributed by atoms with Gasteiger partial charge >= 0.3 is 0 Å². The van der Waals surface area contributed by atoms with E-state index in [1.165, 1.54) is 0 Å². The van der Waals surface area contributed by atoms with E-state index in [1.54, 1.807) is 28.6 Å². The van der Waals surface area contributed by atoms with E-state index in [4.69, 9.17) is 4.74 Å². The summed E-state index contributed by atoms with van der Waals surface area (Å²) in [6.45, 7) is 8.50. The Bertz CT molecular complexity index is 568. The van der Waals surface area contributed by atoms with E-state index in [0.29, 0.717) is 23.7 Å². The van der Waals surface area contributed by atoms with Crippen LogP contribution < -0.4 is 4.74 Å². The van der Waals surface area contributed by atoms with Gasteiger partial charge in [0.2, 0.25) is 10.0 Å². The third kappa shape index (κ3) is 4.18. The van der Waals surface area contributed by atoms with Gasteiger partial charge in [-0.1, -0.05) is 0 Å². The summed E-state index contributed by atoms with van der Waals surface area (Å²) in [7, 11) is -1.39. The van der Waals surface area contributed by atoms with Crippen LogP contribution in [-0.2, 0) is 10.0 Å². The van der Waals surface area contributed by atoms with Crippen molar-refractivity contribution in [1.29, 1.82) is 0 Å². The first-order chi connectivity index (χ1) is 9.68. The highest BCUT2D eigenvalue weighted by atomic mass is 32.2.